The fraction of sp³-hybridized carbons (Fsp3) is 0.515. The first-order valence-electron chi connectivity index (χ1n) is 15.5. The van der Waals surface area contributed by atoms with Crippen LogP contribution in [0.1, 0.15) is 39.0 Å². The van der Waals surface area contributed by atoms with Crippen molar-refractivity contribution in [3.63, 3.8) is 0 Å². The van der Waals surface area contributed by atoms with E-state index in [1.165, 1.54) is 25.0 Å². The van der Waals surface area contributed by atoms with Gasteiger partial charge in [0.2, 0.25) is 0 Å². The molecule has 0 radical (unpaired) electrons. The molecular weight excluding hydrogens is 627 g/mol. The second-order valence-electron chi connectivity index (χ2n) is 12.9. The molecule has 11 nitrogen and oxygen atoms in total. The molecule has 6 atom stereocenters. The van der Waals surface area contributed by atoms with Crippen LogP contribution in [0.4, 0.5) is 0 Å². The monoisotopic (exact) mass is 672 g/mol. The summed E-state index contributed by atoms with van der Waals surface area (Å²) < 4.78 is 52.0. The molecular formula is C33H45N2O9PSi. The molecule has 1 saturated carbocycles. The summed E-state index contributed by atoms with van der Waals surface area (Å²) in [5, 5.41) is 1.75. The zero-order chi connectivity index (χ0) is 33.3. The average Bonchev–Trinajstić information content (AvgIpc) is 3.78. The van der Waals surface area contributed by atoms with E-state index in [1.54, 1.807) is 14.0 Å². The summed E-state index contributed by atoms with van der Waals surface area (Å²) in [7, 11) is -2.27. The zero-order valence-electron chi connectivity index (χ0n) is 27.5. The van der Waals surface area contributed by atoms with Crippen LogP contribution >= 0.6 is 7.60 Å². The van der Waals surface area contributed by atoms with Crippen LogP contribution in [-0.2, 0) is 32.2 Å². The van der Waals surface area contributed by atoms with Crippen LogP contribution in [0.15, 0.2) is 76.4 Å². The highest BCUT2D eigenvalue weighted by Crippen LogP contribution is 2.67. The van der Waals surface area contributed by atoms with Gasteiger partial charge in [-0.2, -0.15) is 0 Å². The number of H-pyrrole nitrogens is 1. The third-order valence-electron chi connectivity index (χ3n) is 9.11. The van der Waals surface area contributed by atoms with E-state index in [1.807, 2.05) is 36.4 Å². The lowest BCUT2D eigenvalue weighted by atomic mass is 10.1. The van der Waals surface area contributed by atoms with Crippen molar-refractivity contribution in [2.45, 2.75) is 69.4 Å². The molecule has 0 bridgehead atoms. The minimum Gasteiger partial charge on any atom is -0.399 e. The number of aromatic nitrogens is 2. The van der Waals surface area contributed by atoms with Gasteiger partial charge in [0.15, 0.2) is 6.23 Å². The van der Waals surface area contributed by atoms with Crippen LogP contribution in [0.25, 0.3) is 0 Å². The third kappa shape index (κ3) is 6.42. The van der Waals surface area contributed by atoms with E-state index in [0.29, 0.717) is 18.6 Å². The van der Waals surface area contributed by atoms with E-state index in [2.05, 4.69) is 50.0 Å². The van der Waals surface area contributed by atoms with Gasteiger partial charge in [0.1, 0.15) is 12.2 Å². The molecule has 1 aliphatic heterocycles. The molecule has 13 heteroatoms. The van der Waals surface area contributed by atoms with Crippen molar-refractivity contribution in [1.29, 1.82) is 0 Å². The summed E-state index contributed by atoms with van der Waals surface area (Å²) in [4.78, 5) is 28.0. The number of ether oxygens (including phenoxy) is 3. The Hall–Kier alpha value is -2.67. The first-order valence-corrected chi connectivity index (χ1v) is 19.0. The molecule has 1 aromatic heterocycles. The molecule has 0 spiro atoms. The normalized spacial score (nSPS) is 25.1. The topological polar surface area (TPSA) is 127 Å². The van der Waals surface area contributed by atoms with Gasteiger partial charge < -0.3 is 27.7 Å². The van der Waals surface area contributed by atoms with Gasteiger partial charge in [-0.05, 0) is 28.8 Å². The smallest absolute Gasteiger partial charge is 0.333 e. The minimum absolute atomic E-state index is 0.203. The number of nitrogens with zero attached hydrogens (tertiary/aromatic N) is 1. The third-order valence-corrected chi connectivity index (χ3v) is 16.6. The van der Waals surface area contributed by atoms with E-state index < -0.39 is 57.4 Å². The average molecular weight is 673 g/mol. The van der Waals surface area contributed by atoms with Crippen LogP contribution < -0.4 is 21.6 Å². The van der Waals surface area contributed by atoms with Crippen molar-refractivity contribution in [3.05, 3.63) is 93.3 Å². The molecule has 250 valence electrons. The second-order valence-corrected chi connectivity index (χ2v) is 19.6. The largest absolute Gasteiger partial charge is 0.399 e. The zero-order valence-corrected chi connectivity index (χ0v) is 29.4. The van der Waals surface area contributed by atoms with Gasteiger partial charge in [0, 0.05) is 39.0 Å². The highest BCUT2D eigenvalue weighted by molar-refractivity contribution is 7.55. The molecule has 1 saturated heterocycles. The van der Waals surface area contributed by atoms with Crippen molar-refractivity contribution in [1.82, 2.24) is 9.55 Å². The summed E-state index contributed by atoms with van der Waals surface area (Å²) in [6.45, 7) is 8.68. The predicted molar refractivity (Wildman–Crippen MR) is 178 cm³/mol. The Bertz CT molecular complexity index is 1590. The lowest BCUT2D eigenvalue weighted by Crippen LogP contribution is -2.69. The highest BCUT2D eigenvalue weighted by atomic mass is 31.2. The van der Waals surface area contributed by atoms with E-state index in [-0.39, 0.29) is 17.6 Å². The number of benzene rings is 2. The lowest BCUT2D eigenvalue weighted by Gasteiger charge is -2.46. The molecule has 2 aromatic carbocycles. The van der Waals surface area contributed by atoms with Crippen molar-refractivity contribution >= 4 is 26.3 Å². The Morgan fingerprint density at radius 3 is 2.04 bits per heavy atom. The first kappa shape index (κ1) is 34.7. The molecule has 2 heterocycles. The summed E-state index contributed by atoms with van der Waals surface area (Å²) >= 11 is 0. The summed E-state index contributed by atoms with van der Waals surface area (Å²) in [6, 6.07) is 20.4. The lowest BCUT2D eigenvalue weighted by molar-refractivity contribution is -0.0796. The fourth-order valence-corrected chi connectivity index (χ4v) is 13.3. The minimum atomic E-state index is -3.44. The van der Waals surface area contributed by atoms with Gasteiger partial charge in [-0.3, -0.25) is 18.9 Å². The molecule has 4 unspecified atom stereocenters. The van der Waals surface area contributed by atoms with E-state index >= 15 is 0 Å². The van der Waals surface area contributed by atoms with Gasteiger partial charge in [0.05, 0.1) is 25.0 Å². The number of rotatable bonds is 13. The standard InChI is InChI=1S/C33H45N2O9PSi/c1-22-21-35(32(37)34-30(22)36)31-29(42-19-18-39-5)28(27(43-31)25-20-26(25)45(38,40-6)41-7)44-46(33(2,3)4,23-14-10-8-11-15-23)24-16-12-9-13-17-24/h8-17,21,25-29,31H,18-20H2,1-7H3,(H,34,36,37)/t25?,26?,27-,28?,29?,31-/m1/s1. The Balaban J connectivity index is 1.71. The van der Waals surface area contributed by atoms with Crippen LogP contribution in [0.3, 0.4) is 0 Å². The van der Waals surface area contributed by atoms with Gasteiger partial charge in [-0.15, -0.1) is 0 Å². The van der Waals surface area contributed by atoms with E-state index in [9.17, 15) is 14.2 Å². The van der Waals surface area contributed by atoms with Crippen molar-refractivity contribution < 1.29 is 32.2 Å². The number of methoxy groups -OCH3 is 1. The molecule has 1 N–H and O–H groups in total. The van der Waals surface area contributed by atoms with Crippen LogP contribution in [0.2, 0.25) is 5.04 Å². The number of nitrogens with one attached hydrogen (secondary N) is 1. The summed E-state index contributed by atoms with van der Waals surface area (Å²) in [5.41, 5.74) is -1.18. The number of aryl methyl sites for hydroxylation is 1. The maximum absolute atomic E-state index is 13.6. The Labute approximate surface area is 270 Å². The summed E-state index contributed by atoms with van der Waals surface area (Å²) in [6.07, 6.45) is -1.12. The fourth-order valence-electron chi connectivity index (χ4n) is 6.75. The number of hydrogen-bond donors (Lipinski definition) is 1. The Morgan fingerprint density at radius 2 is 1.52 bits per heavy atom. The van der Waals surface area contributed by atoms with Crippen molar-refractivity contribution in [2.24, 2.45) is 5.92 Å². The van der Waals surface area contributed by atoms with Crippen LogP contribution in [0.5, 0.6) is 0 Å². The van der Waals surface area contributed by atoms with Gasteiger partial charge in [0.25, 0.3) is 13.9 Å². The molecule has 5 rings (SSSR count). The maximum atomic E-state index is 13.6. The molecule has 3 aromatic rings. The van der Waals surface area contributed by atoms with Crippen LogP contribution in [-0.4, -0.2) is 76.4 Å². The maximum Gasteiger partial charge on any atom is 0.333 e. The predicted octanol–water partition coefficient (Wildman–Crippen LogP) is 3.59. The summed E-state index contributed by atoms with van der Waals surface area (Å²) in [5.74, 6) is -0.271. The second kappa shape index (κ2) is 13.8. The first-order chi connectivity index (χ1) is 21.9. The van der Waals surface area contributed by atoms with E-state index in [0.717, 1.165) is 10.4 Å². The number of aromatic amines is 1. The van der Waals surface area contributed by atoms with Crippen molar-refractivity contribution in [2.75, 3.05) is 34.5 Å². The molecule has 0 amide bonds. The SMILES string of the molecule is COCCOC1C(O[Si](c2ccccc2)(c2ccccc2)C(C)(C)C)[C@@H](C2CC2P(=O)(OC)OC)O[C@H]1n1cc(C)c(=O)[nH]c1=O. The molecule has 46 heavy (non-hydrogen) atoms. The highest BCUT2D eigenvalue weighted by Gasteiger charge is 2.64. The van der Waals surface area contributed by atoms with Crippen molar-refractivity contribution in [3.8, 4) is 0 Å². The van der Waals surface area contributed by atoms with Gasteiger partial charge in [-0.1, -0.05) is 81.4 Å². The molecule has 2 aliphatic rings. The van der Waals surface area contributed by atoms with Gasteiger partial charge in [-0.25, -0.2) is 4.79 Å². The molecule has 2 fully saturated rings. The Kier molecular flexibility index (Phi) is 10.4. The van der Waals surface area contributed by atoms with Crippen LogP contribution in [0, 0.1) is 12.8 Å². The van der Waals surface area contributed by atoms with Gasteiger partial charge >= 0.3 is 13.3 Å². The Morgan fingerprint density at radius 1 is 0.935 bits per heavy atom. The quantitative estimate of drug-likeness (QED) is 0.165. The number of hydrogen-bond acceptors (Lipinski definition) is 9. The molecule has 1 aliphatic carbocycles. The van der Waals surface area contributed by atoms with E-state index in [4.69, 9.17) is 27.7 Å².